The van der Waals surface area contributed by atoms with Gasteiger partial charge in [0.25, 0.3) is 0 Å². The minimum absolute atomic E-state index is 0.418. The molecule has 0 aromatic carbocycles. The maximum atomic E-state index is 14.8. The second-order valence-electron chi connectivity index (χ2n) is 5.20. The Bertz CT molecular complexity index is 509. The number of rotatable bonds is 5. The summed E-state index contributed by atoms with van der Waals surface area (Å²) in [7, 11) is 0. The van der Waals surface area contributed by atoms with Crippen LogP contribution in [-0.2, 0) is 38.1 Å². The van der Waals surface area contributed by atoms with Crippen LogP contribution in [0.3, 0.4) is 0 Å². The zero-order chi connectivity index (χ0) is 18.4. The van der Waals surface area contributed by atoms with Gasteiger partial charge in [0.1, 0.15) is 18.8 Å². The third-order valence-corrected chi connectivity index (χ3v) is 3.03. The molecule has 1 heterocycles. The Morgan fingerprint density at radius 2 is 1.58 bits per heavy atom. The second-order valence-corrected chi connectivity index (χ2v) is 5.20. The van der Waals surface area contributed by atoms with E-state index in [2.05, 4.69) is 5.32 Å². The predicted octanol–water partition coefficient (Wildman–Crippen LogP) is -0.388. The summed E-state index contributed by atoms with van der Waals surface area (Å²) in [4.78, 5) is 44.6. The third-order valence-electron chi connectivity index (χ3n) is 3.03. The van der Waals surface area contributed by atoms with Crippen LogP contribution in [0.2, 0.25) is 0 Å². The van der Waals surface area contributed by atoms with E-state index in [0.29, 0.717) is 0 Å². The molecule has 0 aromatic heterocycles. The van der Waals surface area contributed by atoms with E-state index in [-0.39, 0.29) is 0 Å². The highest BCUT2D eigenvalue weighted by Crippen LogP contribution is 2.27. The van der Waals surface area contributed by atoms with Crippen LogP contribution in [0.15, 0.2) is 0 Å². The van der Waals surface area contributed by atoms with Gasteiger partial charge in [-0.15, -0.1) is 0 Å². The van der Waals surface area contributed by atoms with Crippen molar-refractivity contribution in [1.29, 1.82) is 0 Å². The van der Waals surface area contributed by atoms with Crippen LogP contribution in [0.5, 0.6) is 0 Å². The SMILES string of the molecule is CC(=O)N[C@H]1C(OC(C)=O)O[C@H](COC(C)=O)[C@H](OC(C)=O)[C@@H]1F. The molecule has 24 heavy (non-hydrogen) atoms. The van der Waals surface area contributed by atoms with Gasteiger partial charge in [-0.05, 0) is 0 Å². The average molecular weight is 349 g/mol. The number of amides is 1. The van der Waals surface area contributed by atoms with E-state index < -0.39 is 61.1 Å². The maximum absolute atomic E-state index is 14.8. The monoisotopic (exact) mass is 349 g/mol. The van der Waals surface area contributed by atoms with Gasteiger partial charge < -0.3 is 24.3 Å². The van der Waals surface area contributed by atoms with Gasteiger partial charge in [-0.1, -0.05) is 0 Å². The molecule has 0 spiro atoms. The molecule has 0 radical (unpaired) electrons. The highest BCUT2D eigenvalue weighted by molar-refractivity contribution is 5.73. The van der Waals surface area contributed by atoms with E-state index in [1.165, 1.54) is 0 Å². The fourth-order valence-electron chi connectivity index (χ4n) is 2.21. The van der Waals surface area contributed by atoms with Crippen LogP contribution in [0.4, 0.5) is 4.39 Å². The van der Waals surface area contributed by atoms with Crippen molar-refractivity contribution in [2.45, 2.75) is 58.4 Å². The van der Waals surface area contributed by atoms with Crippen LogP contribution >= 0.6 is 0 Å². The summed E-state index contributed by atoms with van der Waals surface area (Å²) in [5.41, 5.74) is 0. The van der Waals surface area contributed by atoms with Crippen LogP contribution in [0.25, 0.3) is 0 Å². The molecule has 1 fully saturated rings. The molecule has 0 aliphatic carbocycles. The Balaban J connectivity index is 3.04. The lowest BCUT2D eigenvalue weighted by atomic mass is 9.97. The number of hydrogen-bond acceptors (Lipinski definition) is 8. The lowest BCUT2D eigenvalue weighted by Gasteiger charge is -2.42. The number of carbonyl (C=O) groups is 4. The minimum Gasteiger partial charge on any atom is -0.463 e. The molecule has 5 atom stereocenters. The van der Waals surface area contributed by atoms with E-state index in [1.54, 1.807) is 0 Å². The van der Waals surface area contributed by atoms with E-state index >= 15 is 0 Å². The number of esters is 3. The van der Waals surface area contributed by atoms with E-state index in [1.807, 2.05) is 0 Å². The summed E-state index contributed by atoms with van der Waals surface area (Å²) < 4.78 is 34.7. The first-order valence-electron chi connectivity index (χ1n) is 7.16. The molecule has 0 saturated carbocycles. The highest BCUT2D eigenvalue weighted by atomic mass is 19.1. The summed E-state index contributed by atoms with van der Waals surface area (Å²) in [6.07, 6.45) is -6.07. The number of carbonyl (C=O) groups excluding carboxylic acids is 4. The van der Waals surface area contributed by atoms with Crippen LogP contribution in [0, 0.1) is 0 Å². The topological polar surface area (TPSA) is 117 Å². The van der Waals surface area contributed by atoms with E-state index in [4.69, 9.17) is 18.9 Å². The molecule has 1 rings (SSSR count). The smallest absolute Gasteiger partial charge is 0.305 e. The third kappa shape index (κ3) is 5.76. The van der Waals surface area contributed by atoms with Crippen LogP contribution in [0.1, 0.15) is 27.7 Å². The molecule has 1 N–H and O–H groups in total. The van der Waals surface area contributed by atoms with Gasteiger partial charge in [0, 0.05) is 27.7 Å². The number of ether oxygens (including phenoxy) is 4. The molecule has 0 aromatic rings. The second kappa shape index (κ2) is 8.57. The summed E-state index contributed by atoms with van der Waals surface area (Å²) in [5.74, 6) is -2.79. The molecule has 1 aliphatic heterocycles. The Morgan fingerprint density at radius 1 is 1.00 bits per heavy atom. The number of alkyl halides is 1. The molecule has 1 saturated heterocycles. The standard InChI is InChI=1S/C14H20FNO8/c1-6(17)16-12-11(15)13(22-8(3)19)10(5-21-7(2)18)24-14(12)23-9(4)20/h10-14H,5H2,1-4H3,(H,16,17)/t10-,11-,12-,13+,14?/m1/s1. The van der Waals surface area contributed by atoms with E-state index in [9.17, 15) is 23.6 Å². The molecule has 9 nitrogen and oxygen atoms in total. The lowest BCUT2D eigenvalue weighted by molar-refractivity contribution is -0.259. The molecule has 136 valence electrons. The Labute approximate surface area is 137 Å². The normalized spacial score (nSPS) is 29.3. The van der Waals surface area contributed by atoms with Crippen molar-refractivity contribution in [3.63, 3.8) is 0 Å². The highest BCUT2D eigenvalue weighted by Gasteiger charge is 2.50. The fraction of sp³-hybridized carbons (Fsp3) is 0.714. The first kappa shape index (κ1) is 19.8. The van der Waals surface area contributed by atoms with Gasteiger partial charge in [0.2, 0.25) is 12.2 Å². The Hall–Kier alpha value is -2.23. The van der Waals surface area contributed by atoms with Gasteiger partial charge in [-0.2, -0.15) is 0 Å². The Morgan fingerprint density at radius 3 is 2.04 bits per heavy atom. The number of nitrogens with one attached hydrogen (secondary N) is 1. The van der Waals surface area contributed by atoms with E-state index in [0.717, 1.165) is 27.7 Å². The molecule has 10 heteroatoms. The van der Waals surface area contributed by atoms with Crippen molar-refractivity contribution in [2.24, 2.45) is 0 Å². The van der Waals surface area contributed by atoms with Gasteiger partial charge >= 0.3 is 17.9 Å². The molecular weight excluding hydrogens is 329 g/mol. The van der Waals surface area contributed by atoms with Crippen molar-refractivity contribution in [3.05, 3.63) is 0 Å². The fourth-order valence-corrected chi connectivity index (χ4v) is 2.21. The van der Waals surface area contributed by atoms with Crippen molar-refractivity contribution < 1.29 is 42.5 Å². The van der Waals surface area contributed by atoms with Crippen molar-refractivity contribution in [1.82, 2.24) is 5.32 Å². The summed E-state index contributed by atoms with van der Waals surface area (Å²) in [5, 5.41) is 2.26. The Kier molecular flexibility index (Phi) is 7.08. The molecule has 0 bridgehead atoms. The summed E-state index contributed by atoms with van der Waals surface area (Å²) in [6.45, 7) is 4.02. The summed E-state index contributed by atoms with van der Waals surface area (Å²) >= 11 is 0. The van der Waals surface area contributed by atoms with Crippen molar-refractivity contribution >= 4 is 23.8 Å². The minimum atomic E-state index is -1.95. The zero-order valence-electron chi connectivity index (χ0n) is 13.7. The molecular formula is C14H20FNO8. The number of halogens is 1. The molecule has 1 amide bonds. The lowest BCUT2D eigenvalue weighted by Crippen LogP contribution is -2.64. The van der Waals surface area contributed by atoms with Crippen molar-refractivity contribution in [3.8, 4) is 0 Å². The maximum Gasteiger partial charge on any atom is 0.305 e. The number of hydrogen-bond donors (Lipinski definition) is 1. The largest absolute Gasteiger partial charge is 0.463 e. The molecule has 1 unspecified atom stereocenters. The van der Waals surface area contributed by atoms with Gasteiger partial charge in [0.05, 0.1) is 0 Å². The molecule has 1 aliphatic rings. The van der Waals surface area contributed by atoms with Crippen LogP contribution in [-0.4, -0.2) is 61.1 Å². The summed E-state index contributed by atoms with van der Waals surface area (Å²) in [6, 6.07) is -1.38. The first-order chi connectivity index (χ1) is 11.1. The quantitative estimate of drug-likeness (QED) is 0.527. The van der Waals surface area contributed by atoms with Gasteiger partial charge in [-0.3, -0.25) is 19.2 Å². The average Bonchev–Trinajstić information content (AvgIpc) is 2.42. The zero-order valence-corrected chi connectivity index (χ0v) is 13.7. The van der Waals surface area contributed by atoms with Gasteiger partial charge in [0.15, 0.2) is 12.3 Å². The van der Waals surface area contributed by atoms with Crippen LogP contribution < -0.4 is 5.32 Å². The predicted molar refractivity (Wildman–Crippen MR) is 75.1 cm³/mol. The van der Waals surface area contributed by atoms with Crippen molar-refractivity contribution in [2.75, 3.05) is 6.61 Å². The first-order valence-corrected chi connectivity index (χ1v) is 7.16. The van der Waals surface area contributed by atoms with Gasteiger partial charge in [-0.25, -0.2) is 4.39 Å².